The second-order valence-electron chi connectivity index (χ2n) is 4.08. The minimum atomic E-state index is 0.388. The van der Waals surface area contributed by atoms with Gasteiger partial charge < -0.3 is 5.73 Å². The molecule has 4 heteroatoms. The minimum Gasteiger partial charge on any atom is -0.396 e. The Kier molecular flexibility index (Phi) is 3.28. The molecule has 0 fully saturated rings. The van der Waals surface area contributed by atoms with Crippen molar-refractivity contribution in [2.75, 3.05) is 0 Å². The predicted octanol–water partition coefficient (Wildman–Crippen LogP) is 2.60. The minimum absolute atomic E-state index is 0.388. The van der Waals surface area contributed by atoms with Crippen LogP contribution in [0.1, 0.15) is 12.5 Å². The van der Waals surface area contributed by atoms with Crippen molar-refractivity contribution in [3.8, 4) is 0 Å². The van der Waals surface area contributed by atoms with Crippen molar-refractivity contribution in [3.05, 3.63) is 54.5 Å². The van der Waals surface area contributed by atoms with Crippen LogP contribution < -0.4 is 5.73 Å². The summed E-state index contributed by atoms with van der Waals surface area (Å²) >= 11 is 0. The lowest BCUT2D eigenvalue weighted by molar-refractivity contribution is 0.957. The maximum Gasteiger partial charge on any atom is 0.176 e. The molecule has 0 atom stereocenters. The Bertz CT molecular complexity index is 647. The molecule has 1 heterocycles. The number of fused-ring (bicyclic) bond motifs is 1. The number of hydrogen-bond donors (Lipinski definition) is 1. The Morgan fingerprint density at radius 2 is 2.28 bits per heavy atom. The molecule has 0 saturated carbocycles. The zero-order chi connectivity index (χ0) is 13.1. The molecule has 0 bridgehead atoms. The zero-order valence-electron chi connectivity index (χ0n) is 10.6. The number of nitrogens with two attached hydrogens (primary N) is 1. The molecule has 18 heavy (non-hydrogen) atoms. The first kappa shape index (κ1) is 12.1. The summed E-state index contributed by atoms with van der Waals surface area (Å²) in [7, 11) is 0. The van der Waals surface area contributed by atoms with Crippen LogP contribution in [0.5, 0.6) is 0 Å². The molecule has 2 aromatic rings. The lowest BCUT2D eigenvalue weighted by Crippen LogP contribution is -2.20. The van der Waals surface area contributed by atoms with Crippen molar-refractivity contribution >= 4 is 16.7 Å². The molecule has 2 rings (SSSR count). The molecule has 4 nitrogen and oxygen atoms in total. The van der Waals surface area contributed by atoms with Crippen LogP contribution in [0.2, 0.25) is 0 Å². The standard InChI is InChI=1S/C14H16N4/c1-4-7-16-14(11(3)15)18-13-6-5-10(2)8-12(13)9-17-18/h4-9H,3,15H2,1-2H3/b7-4-,16-14+. The quantitative estimate of drug-likeness (QED) is 0.648. The number of nitrogens with zero attached hydrogens (tertiary/aromatic N) is 3. The predicted molar refractivity (Wildman–Crippen MR) is 75.4 cm³/mol. The van der Waals surface area contributed by atoms with Crippen LogP contribution in [0.15, 0.2) is 53.9 Å². The van der Waals surface area contributed by atoms with Crippen LogP contribution in [-0.4, -0.2) is 15.6 Å². The van der Waals surface area contributed by atoms with E-state index in [-0.39, 0.29) is 0 Å². The molecule has 0 spiro atoms. The zero-order valence-corrected chi connectivity index (χ0v) is 10.6. The van der Waals surface area contributed by atoms with Gasteiger partial charge in [0.15, 0.2) is 5.84 Å². The fourth-order valence-electron chi connectivity index (χ4n) is 1.74. The van der Waals surface area contributed by atoms with Crippen LogP contribution in [-0.2, 0) is 0 Å². The SMILES string of the molecule is C=C(N)/C(=N\C=C/C)n1ncc2cc(C)ccc21. The Morgan fingerprint density at radius 1 is 1.50 bits per heavy atom. The molecule has 0 saturated heterocycles. The number of rotatable bonds is 2. The molecule has 2 N–H and O–H groups in total. The monoisotopic (exact) mass is 240 g/mol. The fourth-order valence-corrected chi connectivity index (χ4v) is 1.74. The van der Waals surface area contributed by atoms with Crippen molar-refractivity contribution in [1.29, 1.82) is 0 Å². The van der Waals surface area contributed by atoms with Crippen LogP contribution in [0.4, 0.5) is 0 Å². The van der Waals surface area contributed by atoms with Gasteiger partial charge in [-0.3, -0.25) is 0 Å². The second kappa shape index (κ2) is 4.87. The fraction of sp³-hybridized carbons (Fsp3) is 0.143. The van der Waals surface area contributed by atoms with E-state index in [4.69, 9.17) is 5.73 Å². The molecule has 0 aliphatic carbocycles. The van der Waals surface area contributed by atoms with Gasteiger partial charge in [0.2, 0.25) is 0 Å². The van der Waals surface area contributed by atoms with Crippen molar-refractivity contribution in [2.24, 2.45) is 10.7 Å². The third-order valence-corrected chi connectivity index (χ3v) is 2.56. The van der Waals surface area contributed by atoms with Crippen LogP contribution >= 0.6 is 0 Å². The highest BCUT2D eigenvalue weighted by Crippen LogP contribution is 2.16. The van der Waals surface area contributed by atoms with Crippen molar-refractivity contribution in [1.82, 2.24) is 9.78 Å². The van der Waals surface area contributed by atoms with Crippen molar-refractivity contribution in [3.63, 3.8) is 0 Å². The average molecular weight is 240 g/mol. The van der Waals surface area contributed by atoms with E-state index < -0.39 is 0 Å². The van der Waals surface area contributed by atoms with Gasteiger partial charge in [0, 0.05) is 11.6 Å². The smallest absolute Gasteiger partial charge is 0.176 e. The van der Waals surface area contributed by atoms with Gasteiger partial charge in [-0.25, -0.2) is 9.67 Å². The van der Waals surface area contributed by atoms with E-state index in [1.807, 2.05) is 32.1 Å². The summed E-state index contributed by atoms with van der Waals surface area (Å²) in [6.07, 6.45) is 5.31. The summed E-state index contributed by atoms with van der Waals surface area (Å²) in [5.74, 6) is 0.548. The van der Waals surface area contributed by atoms with Crippen LogP contribution in [0.3, 0.4) is 0 Å². The largest absolute Gasteiger partial charge is 0.396 e. The summed E-state index contributed by atoms with van der Waals surface area (Å²) in [6.45, 7) is 7.68. The molecule has 0 unspecified atom stereocenters. The Hall–Kier alpha value is -2.36. The number of aromatic nitrogens is 2. The first-order chi connectivity index (χ1) is 8.63. The first-order valence-corrected chi connectivity index (χ1v) is 5.72. The highest BCUT2D eigenvalue weighted by atomic mass is 15.3. The maximum atomic E-state index is 5.77. The first-order valence-electron chi connectivity index (χ1n) is 5.72. The van der Waals surface area contributed by atoms with Crippen molar-refractivity contribution in [2.45, 2.75) is 13.8 Å². The summed E-state index contributed by atoms with van der Waals surface area (Å²) < 4.78 is 1.71. The molecule has 1 aromatic carbocycles. The van der Waals surface area contributed by atoms with Gasteiger partial charge in [0.25, 0.3) is 0 Å². The number of benzene rings is 1. The Balaban J connectivity index is 2.62. The Morgan fingerprint density at radius 3 is 2.94 bits per heavy atom. The van der Waals surface area contributed by atoms with Gasteiger partial charge >= 0.3 is 0 Å². The molecule has 0 radical (unpaired) electrons. The molecule has 92 valence electrons. The summed E-state index contributed by atoms with van der Waals surface area (Å²) in [5.41, 5.74) is 8.32. The number of aliphatic imine (C=N–C) groups is 1. The second-order valence-corrected chi connectivity index (χ2v) is 4.08. The van der Waals surface area contributed by atoms with E-state index in [2.05, 4.69) is 22.7 Å². The Labute approximate surface area is 106 Å². The van der Waals surface area contributed by atoms with Gasteiger partial charge in [0.05, 0.1) is 17.4 Å². The van der Waals surface area contributed by atoms with E-state index in [1.165, 1.54) is 5.56 Å². The van der Waals surface area contributed by atoms with Crippen LogP contribution in [0.25, 0.3) is 10.9 Å². The molecule has 0 amide bonds. The molecule has 0 aliphatic heterocycles. The third kappa shape index (κ3) is 2.18. The molecule has 1 aromatic heterocycles. The van der Waals surface area contributed by atoms with Gasteiger partial charge in [-0.05, 0) is 26.0 Å². The van der Waals surface area contributed by atoms with Crippen LogP contribution in [0, 0.1) is 6.92 Å². The van der Waals surface area contributed by atoms with Crippen molar-refractivity contribution < 1.29 is 0 Å². The lowest BCUT2D eigenvalue weighted by Gasteiger charge is -2.06. The maximum absolute atomic E-state index is 5.77. The van der Waals surface area contributed by atoms with Gasteiger partial charge in [-0.1, -0.05) is 24.3 Å². The molecule has 0 aliphatic rings. The van der Waals surface area contributed by atoms with E-state index in [1.54, 1.807) is 17.1 Å². The third-order valence-electron chi connectivity index (χ3n) is 2.56. The van der Waals surface area contributed by atoms with E-state index in [0.29, 0.717) is 11.5 Å². The number of hydrogen-bond acceptors (Lipinski definition) is 3. The molecular weight excluding hydrogens is 224 g/mol. The average Bonchev–Trinajstić information content (AvgIpc) is 2.72. The normalized spacial score (nSPS) is 12.4. The number of aryl methyl sites for hydroxylation is 1. The number of allylic oxidation sites excluding steroid dienone is 2. The molecular formula is C14H16N4. The highest BCUT2D eigenvalue weighted by molar-refractivity contribution is 6.03. The summed E-state index contributed by atoms with van der Waals surface area (Å²) in [4.78, 5) is 4.27. The highest BCUT2D eigenvalue weighted by Gasteiger charge is 2.09. The van der Waals surface area contributed by atoms with Gasteiger partial charge in [-0.15, -0.1) is 0 Å². The van der Waals surface area contributed by atoms with Gasteiger partial charge in [0.1, 0.15) is 0 Å². The lowest BCUT2D eigenvalue weighted by atomic mass is 10.2. The summed E-state index contributed by atoms with van der Waals surface area (Å²) in [5, 5.41) is 5.38. The van der Waals surface area contributed by atoms with E-state index in [0.717, 1.165) is 10.9 Å². The van der Waals surface area contributed by atoms with E-state index in [9.17, 15) is 0 Å². The summed E-state index contributed by atoms with van der Waals surface area (Å²) in [6, 6.07) is 6.12. The van der Waals surface area contributed by atoms with Gasteiger partial charge in [-0.2, -0.15) is 5.10 Å². The topological polar surface area (TPSA) is 56.2 Å². The van der Waals surface area contributed by atoms with E-state index >= 15 is 0 Å².